The van der Waals surface area contributed by atoms with Crippen molar-refractivity contribution in [1.29, 1.82) is 0 Å². The van der Waals surface area contributed by atoms with Crippen molar-refractivity contribution in [2.24, 2.45) is 0 Å². The van der Waals surface area contributed by atoms with E-state index in [0.717, 1.165) is 5.46 Å². The van der Waals surface area contributed by atoms with Crippen LogP contribution in [0, 0.1) is 6.92 Å². The van der Waals surface area contributed by atoms with Crippen LogP contribution < -0.4 is 16.1 Å². The Morgan fingerprint density at radius 3 is 2.16 bits per heavy atom. The smallest absolute Gasteiger partial charge is 0.399 e. The minimum atomic E-state index is -0.425. The van der Waals surface area contributed by atoms with Crippen LogP contribution in [-0.2, 0) is 9.31 Å². The standard InChI is InChI=1S/C17H22BN3O4/c1-11-10-14(21-23-11)20-15(22)19-13-8-6-12(7-9-13)18-24-16(2,3)17(4,5)25-18/h6-10H,1-5H3,(H2,19,20,21,22). The molecule has 0 bridgehead atoms. The predicted octanol–water partition coefficient (Wildman–Crippen LogP) is 2.93. The van der Waals surface area contributed by atoms with E-state index in [9.17, 15) is 4.79 Å². The van der Waals surface area contributed by atoms with Gasteiger partial charge >= 0.3 is 13.1 Å². The van der Waals surface area contributed by atoms with Crippen LogP contribution >= 0.6 is 0 Å². The van der Waals surface area contributed by atoms with Crippen molar-refractivity contribution in [2.45, 2.75) is 45.8 Å². The fourth-order valence-corrected chi connectivity index (χ4v) is 2.41. The maximum absolute atomic E-state index is 11.9. The van der Waals surface area contributed by atoms with Crippen LogP contribution in [0.1, 0.15) is 33.5 Å². The molecule has 8 heteroatoms. The number of nitrogens with one attached hydrogen (secondary N) is 2. The lowest BCUT2D eigenvalue weighted by molar-refractivity contribution is 0.00578. The van der Waals surface area contributed by atoms with Gasteiger partial charge in [0.15, 0.2) is 5.82 Å². The fraction of sp³-hybridized carbons (Fsp3) is 0.412. The molecule has 1 fully saturated rings. The van der Waals surface area contributed by atoms with Gasteiger partial charge in [-0.25, -0.2) is 4.79 Å². The Labute approximate surface area is 147 Å². The summed E-state index contributed by atoms with van der Waals surface area (Å²) in [5.74, 6) is 0.992. The second-order valence-electron chi connectivity index (χ2n) is 7.11. The molecule has 0 unspecified atom stereocenters. The molecule has 1 aliphatic heterocycles. The molecule has 0 radical (unpaired) electrons. The first kappa shape index (κ1) is 17.5. The Hall–Kier alpha value is -2.32. The van der Waals surface area contributed by atoms with E-state index in [-0.39, 0.29) is 11.2 Å². The number of aryl methyl sites for hydroxylation is 1. The monoisotopic (exact) mass is 343 g/mol. The van der Waals surface area contributed by atoms with Gasteiger partial charge in [0.05, 0.1) is 11.2 Å². The Morgan fingerprint density at radius 2 is 1.64 bits per heavy atom. The summed E-state index contributed by atoms with van der Waals surface area (Å²) in [5, 5.41) is 9.05. The first-order valence-electron chi connectivity index (χ1n) is 8.13. The Balaban J connectivity index is 1.62. The maximum Gasteiger partial charge on any atom is 0.494 e. The predicted molar refractivity (Wildman–Crippen MR) is 96.0 cm³/mol. The van der Waals surface area contributed by atoms with Crippen molar-refractivity contribution in [3.63, 3.8) is 0 Å². The van der Waals surface area contributed by atoms with Crippen LogP contribution in [-0.4, -0.2) is 29.5 Å². The summed E-state index contributed by atoms with van der Waals surface area (Å²) in [6, 6.07) is 8.59. The van der Waals surface area contributed by atoms with Crippen molar-refractivity contribution >= 4 is 30.1 Å². The van der Waals surface area contributed by atoms with E-state index in [0.29, 0.717) is 17.3 Å². The lowest BCUT2D eigenvalue weighted by Crippen LogP contribution is -2.41. The molecule has 1 aromatic heterocycles. The van der Waals surface area contributed by atoms with Crippen molar-refractivity contribution in [1.82, 2.24) is 5.16 Å². The third kappa shape index (κ3) is 3.70. The van der Waals surface area contributed by atoms with E-state index >= 15 is 0 Å². The molecular weight excluding hydrogens is 321 g/mol. The highest BCUT2D eigenvalue weighted by Gasteiger charge is 2.51. The molecule has 2 heterocycles. The summed E-state index contributed by atoms with van der Waals surface area (Å²) in [6.45, 7) is 9.81. The molecular formula is C17H22BN3O4. The number of carbonyl (C=O) groups excluding carboxylic acids is 1. The molecule has 2 amide bonds. The number of nitrogens with zero attached hydrogens (tertiary/aromatic N) is 1. The number of rotatable bonds is 3. The highest BCUT2D eigenvalue weighted by atomic mass is 16.7. The van der Waals surface area contributed by atoms with E-state index in [4.69, 9.17) is 13.8 Å². The molecule has 132 valence electrons. The normalized spacial score (nSPS) is 18.2. The molecule has 7 nitrogen and oxygen atoms in total. The lowest BCUT2D eigenvalue weighted by Gasteiger charge is -2.32. The van der Waals surface area contributed by atoms with Crippen LogP contribution in [0.25, 0.3) is 0 Å². The summed E-state index contributed by atoms with van der Waals surface area (Å²) < 4.78 is 16.9. The van der Waals surface area contributed by atoms with Crippen LogP contribution in [0.15, 0.2) is 34.9 Å². The van der Waals surface area contributed by atoms with E-state index in [1.165, 1.54) is 0 Å². The Morgan fingerprint density at radius 1 is 1.04 bits per heavy atom. The SMILES string of the molecule is Cc1cc(NC(=O)Nc2ccc(B3OC(C)(C)C(C)(C)O3)cc2)no1. The quantitative estimate of drug-likeness (QED) is 0.837. The van der Waals surface area contributed by atoms with Crippen molar-refractivity contribution < 1.29 is 18.6 Å². The number of aromatic nitrogens is 1. The van der Waals surface area contributed by atoms with Crippen molar-refractivity contribution in [2.75, 3.05) is 10.6 Å². The van der Waals surface area contributed by atoms with Gasteiger partial charge in [-0.2, -0.15) is 0 Å². The summed E-state index contributed by atoms with van der Waals surface area (Å²) in [7, 11) is -0.425. The summed E-state index contributed by atoms with van der Waals surface area (Å²) in [6.07, 6.45) is 0. The van der Waals surface area contributed by atoms with Crippen LogP contribution in [0.2, 0.25) is 0 Å². The van der Waals surface area contributed by atoms with Crippen LogP contribution in [0.5, 0.6) is 0 Å². The van der Waals surface area contributed by atoms with Gasteiger partial charge in [0, 0.05) is 11.8 Å². The van der Waals surface area contributed by atoms with Crippen LogP contribution in [0.4, 0.5) is 16.3 Å². The van der Waals surface area contributed by atoms with Gasteiger partial charge in [-0.3, -0.25) is 5.32 Å². The molecule has 1 saturated heterocycles. The van der Waals surface area contributed by atoms with Gasteiger partial charge in [-0.05, 0) is 52.2 Å². The Kier molecular flexibility index (Phi) is 4.34. The van der Waals surface area contributed by atoms with Crippen molar-refractivity contribution in [3.8, 4) is 0 Å². The number of hydrogen-bond donors (Lipinski definition) is 2. The number of hydrogen-bond acceptors (Lipinski definition) is 5. The zero-order valence-corrected chi connectivity index (χ0v) is 15.0. The maximum atomic E-state index is 11.9. The molecule has 0 spiro atoms. The molecule has 0 saturated carbocycles. The summed E-state index contributed by atoms with van der Waals surface area (Å²) in [4.78, 5) is 11.9. The minimum Gasteiger partial charge on any atom is -0.399 e. The fourth-order valence-electron chi connectivity index (χ4n) is 2.41. The van der Waals surface area contributed by atoms with Gasteiger partial charge in [-0.15, -0.1) is 0 Å². The molecule has 0 atom stereocenters. The first-order valence-corrected chi connectivity index (χ1v) is 8.13. The van der Waals surface area contributed by atoms with Gasteiger partial charge in [-0.1, -0.05) is 17.3 Å². The number of urea groups is 1. The molecule has 1 aliphatic rings. The zero-order chi connectivity index (χ0) is 18.2. The van der Waals surface area contributed by atoms with Crippen molar-refractivity contribution in [3.05, 3.63) is 36.1 Å². The van der Waals surface area contributed by atoms with Gasteiger partial charge in [0.1, 0.15) is 5.76 Å². The number of anilines is 2. The lowest BCUT2D eigenvalue weighted by atomic mass is 9.79. The highest BCUT2D eigenvalue weighted by molar-refractivity contribution is 6.62. The van der Waals surface area contributed by atoms with Gasteiger partial charge in [0.2, 0.25) is 0 Å². The second kappa shape index (κ2) is 6.20. The summed E-state index contributed by atoms with van der Waals surface area (Å²) >= 11 is 0. The largest absolute Gasteiger partial charge is 0.494 e. The van der Waals surface area contributed by atoms with E-state index in [1.807, 2.05) is 39.8 Å². The molecule has 2 aromatic rings. The number of carbonyl (C=O) groups is 1. The van der Waals surface area contributed by atoms with Gasteiger partial charge in [0.25, 0.3) is 0 Å². The average Bonchev–Trinajstić information content (AvgIpc) is 3.00. The molecule has 1 aromatic carbocycles. The van der Waals surface area contributed by atoms with E-state index in [2.05, 4.69) is 15.8 Å². The third-order valence-electron chi connectivity index (χ3n) is 4.56. The van der Waals surface area contributed by atoms with E-state index < -0.39 is 13.1 Å². The number of amides is 2. The summed E-state index contributed by atoms with van der Waals surface area (Å²) in [5.41, 5.74) is 0.781. The van der Waals surface area contributed by atoms with Crippen LogP contribution in [0.3, 0.4) is 0 Å². The minimum absolute atomic E-state index is 0.365. The first-order chi connectivity index (χ1) is 11.7. The Bertz CT molecular complexity index is 754. The average molecular weight is 343 g/mol. The van der Waals surface area contributed by atoms with Gasteiger partial charge < -0.3 is 19.1 Å². The second-order valence-corrected chi connectivity index (χ2v) is 7.11. The molecule has 2 N–H and O–H groups in total. The number of benzene rings is 1. The molecule has 25 heavy (non-hydrogen) atoms. The topological polar surface area (TPSA) is 85.6 Å². The molecule has 0 aliphatic carbocycles. The highest BCUT2D eigenvalue weighted by Crippen LogP contribution is 2.36. The third-order valence-corrected chi connectivity index (χ3v) is 4.56. The molecule has 3 rings (SSSR count). The van der Waals surface area contributed by atoms with E-state index in [1.54, 1.807) is 25.1 Å². The zero-order valence-electron chi connectivity index (χ0n) is 15.0.